The highest BCUT2D eigenvalue weighted by Crippen LogP contribution is 2.36. The monoisotopic (exact) mass is 419 g/mol. The van der Waals surface area contributed by atoms with Gasteiger partial charge in [-0.05, 0) is 31.0 Å². The predicted molar refractivity (Wildman–Crippen MR) is 101 cm³/mol. The van der Waals surface area contributed by atoms with E-state index in [-0.39, 0.29) is 35.4 Å². The molecule has 0 bridgehead atoms. The zero-order valence-electron chi connectivity index (χ0n) is 15.1. The first-order chi connectivity index (χ1) is 13.9. The Kier molecular flexibility index (Phi) is 4.80. The molecule has 0 aliphatic heterocycles. The van der Waals surface area contributed by atoms with E-state index in [9.17, 15) is 23.3 Å². The molecule has 2 aromatic heterocycles. The Morgan fingerprint density at radius 1 is 1.28 bits per heavy atom. The number of nitrogens with one attached hydrogen (secondary N) is 1. The number of aromatic nitrogens is 3. The predicted octanol–water partition coefficient (Wildman–Crippen LogP) is 1.53. The van der Waals surface area contributed by atoms with Crippen LogP contribution in [0.1, 0.15) is 18.9 Å². The highest BCUT2D eigenvalue weighted by molar-refractivity contribution is 7.89. The Balaban J connectivity index is 1.51. The summed E-state index contributed by atoms with van der Waals surface area (Å²) in [5, 5.41) is 15.1. The smallest absolute Gasteiger partial charge is 0.346 e. The molecule has 0 saturated heterocycles. The minimum atomic E-state index is -3.97. The number of benzene rings is 1. The number of rotatable bonds is 8. The van der Waals surface area contributed by atoms with Gasteiger partial charge in [-0.3, -0.25) is 14.7 Å². The molecule has 0 radical (unpaired) electrons. The SMILES string of the molecule is O=c1n(CCNS(=O)(=O)c2cccc([N+](=O)[O-])c2)nc(-c2ccco2)n1C1CC1. The van der Waals surface area contributed by atoms with Crippen molar-refractivity contribution in [2.75, 3.05) is 6.54 Å². The van der Waals surface area contributed by atoms with Crippen molar-refractivity contribution >= 4 is 15.7 Å². The zero-order chi connectivity index (χ0) is 20.6. The largest absolute Gasteiger partial charge is 0.461 e. The fourth-order valence-corrected chi connectivity index (χ4v) is 4.00. The third kappa shape index (κ3) is 3.84. The van der Waals surface area contributed by atoms with Gasteiger partial charge in [-0.1, -0.05) is 6.07 Å². The summed E-state index contributed by atoms with van der Waals surface area (Å²) in [4.78, 5) is 22.6. The van der Waals surface area contributed by atoms with E-state index >= 15 is 0 Å². The van der Waals surface area contributed by atoms with Crippen LogP contribution in [0.4, 0.5) is 5.69 Å². The molecule has 1 aliphatic carbocycles. The van der Waals surface area contributed by atoms with E-state index in [0.717, 1.165) is 18.9 Å². The number of hydrogen-bond donors (Lipinski definition) is 1. The highest BCUT2D eigenvalue weighted by atomic mass is 32.2. The Morgan fingerprint density at radius 2 is 2.07 bits per heavy atom. The van der Waals surface area contributed by atoms with Crippen molar-refractivity contribution in [2.24, 2.45) is 0 Å². The normalized spacial score (nSPS) is 14.2. The summed E-state index contributed by atoms with van der Waals surface area (Å²) in [6.45, 7) is -0.107. The van der Waals surface area contributed by atoms with Gasteiger partial charge in [-0.25, -0.2) is 22.6 Å². The first-order valence-electron chi connectivity index (χ1n) is 8.84. The molecule has 0 unspecified atom stereocenters. The summed E-state index contributed by atoms with van der Waals surface area (Å²) in [6, 6.07) is 8.21. The quantitative estimate of drug-likeness (QED) is 0.431. The van der Waals surface area contributed by atoms with Crippen LogP contribution in [0.25, 0.3) is 11.6 Å². The lowest BCUT2D eigenvalue weighted by molar-refractivity contribution is -0.385. The number of furan rings is 1. The van der Waals surface area contributed by atoms with Crippen molar-refractivity contribution in [3.05, 3.63) is 63.3 Å². The van der Waals surface area contributed by atoms with Crippen LogP contribution in [0.2, 0.25) is 0 Å². The standard InChI is InChI=1S/C17H17N5O6S/c23-17-20(19-16(15-5-2-10-28-15)21(17)12-6-7-12)9-8-18-29(26,27)14-4-1-3-13(11-14)22(24)25/h1-5,10-12,18H,6-9H2. The zero-order valence-corrected chi connectivity index (χ0v) is 15.9. The summed E-state index contributed by atoms with van der Waals surface area (Å²) in [7, 11) is -3.97. The van der Waals surface area contributed by atoms with E-state index in [1.807, 2.05) is 0 Å². The number of nitrogens with zero attached hydrogens (tertiary/aromatic N) is 4. The molecule has 0 amide bonds. The van der Waals surface area contributed by atoms with E-state index in [4.69, 9.17) is 4.42 Å². The molecule has 1 aromatic carbocycles. The van der Waals surface area contributed by atoms with E-state index in [2.05, 4.69) is 9.82 Å². The van der Waals surface area contributed by atoms with Gasteiger partial charge < -0.3 is 4.42 Å². The first kappa shape index (κ1) is 19.1. The molecule has 2 heterocycles. The van der Waals surface area contributed by atoms with Gasteiger partial charge in [0, 0.05) is 24.7 Å². The lowest BCUT2D eigenvalue weighted by Gasteiger charge is -2.06. The van der Waals surface area contributed by atoms with Crippen LogP contribution in [0, 0.1) is 10.1 Å². The van der Waals surface area contributed by atoms with Gasteiger partial charge in [0.15, 0.2) is 5.76 Å². The molecule has 12 heteroatoms. The van der Waals surface area contributed by atoms with Crippen LogP contribution in [0.5, 0.6) is 0 Å². The Labute approximate surface area is 164 Å². The topological polar surface area (TPSA) is 142 Å². The third-order valence-electron chi connectivity index (χ3n) is 4.48. The van der Waals surface area contributed by atoms with Crippen LogP contribution in [-0.2, 0) is 16.6 Å². The summed E-state index contributed by atoms with van der Waals surface area (Å²) in [5.41, 5.74) is -0.663. The molecule has 29 heavy (non-hydrogen) atoms. The Bertz CT molecular complexity index is 1210. The van der Waals surface area contributed by atoms with Gasteiger partial charge in [-0.15, -0.1) is 5.10 Å². The molecule has 11 nitrogen and oxygen atoms in total. The van der Waals surface area contributed by atoms with Gasteiger partial charge in [-0.2, -0.15) is 0 Å². The number of sulfonamides is 1. The number of hydrogen-bond acceptors (Lipinski definition) is 7. The van der Waals surface area contributed by atoms with Crippen LogP contribution in [0.15, 0.2) is 56.8 Å². The van der Waals surface area contributed by atoms with Gasteiger partial charge in [0.05, 0.1) is 22.6 Å². The summed E-state index contributed by atoms with van der Waals surface area (Å²) < 4.78 is 35.2. The minimum absolute atomic E-state index is 0.000415. The molecule has 3 aromatic rings. The van der Waals surface area contributed by atoms with Gasteiger partial charge in [0.2, 0.25) is 15.8 Å². The fourth-order valence-electron chi connectivity index (χ4n) is 2.94. The van der Waals surface area contributed by atoms with E-state index in [1.54, 1.807) is 16.7 Å². The molecule has 0 atom stereocenters. The molecule has 152 valence electrons. The summed E-state index contributed by atoms with van der Waals surface area (Å²) in [6.07, 6.45) is 3.24. The average molecular weight is 419 g/mol. The maximum absolute atomic E-state index is 12.7. The molecular formula is C17H17N5O6S. The Hall–Kier alpha value is -3.25. The van der Waals surface area contributed by atoms with Gasteiger partial charge in [0.25, 0.3) is 5.69 Å². The second kappa shape index (κ2) is 7.29. The van der Waals surface area contributed by atoms with Crippen molar-refractivity contribution in [3.63, 3.8) is 0 Å². The lowest BCUT2D eigenvalue weighted by atomic mass is 10.3. The molecule has 1 aliphatic rings. The van der Waals surface area contributed by atoms with Crippen LogP contribution < -0.4 is 10.4 Å². The van der Waals surface area contributed by atoms with Crippen molar-refractivity contribution in [1.29, 1.82) is 0 Å². The second-order valence-electron chi connectivity index (χ2n) is 6.56. The molecule has 0 spiro atoms. The van der Waals surface area contributed by atoms with E-state index in [0.29, 0.717) is 11.6 Å². The van der Waals surface area contributed by atoms with Crippen LogP contribution in [0.3, 0.4) is 0 Å². The molecule has 4 rings (SSSR count). The number of non-ortho nitro benzene ring substituents is 1. The second-order valence-corrected chi connectivity index (χ2v) is 8.33. The van der Waals surface area contributed by atoms with Crippen molar-refractivity contribution in [2.45, 2.75) is 30.3 Å². The van der Waals surface area contributed by atoms with E-state index < -0.39 is 14.9 Å². The molecule has 1 saturated carbocycles. The van der Waals surface area contributed by atoms with Crippen molar-refractivity contribution in [1.82, 2.24) is 19.1 Å². The molecule has 1 fully saturated rings. The maximum atomic E-state index is 12.7. The van der Waals surface area contributed by atoms with Crippen molar-refractivity contribution < 1.29 is 17.8 Å². The highest BCUT2D eigenvalue weighted by Gasteiger charge is 2.31. The van der Waals surface area contributed by atoms with Crippen LogP contribution >= 0.6 is 0 Å². The maximum Gasteiger partial charge on any atom is 0.346 e. The summed E-state index contributed by atoms with van der Waals surface area (Å²) in [5.74, 6) is 0.869. The minimum Gasteiger partial charge on any atom is -0.461 e. The average Bonchev–Trinajstić information content (AvgIpc) is 3.27. The van der Waals surface area contributed by atoms with Crippen molar-refractivity contribution in [3.8, 4) is 11.6 Å². The number of nitro groups is 1. The summed E-state index contributed by atoms with van der Waals surface area (Å²) >= 11 is 0. The first-order valence-corrected chi connectivity index (χ1v) is 10.3. The fraction of sp³-hybridized carbons (Fsp3) is 0.294. The lowest BCUT2D eigenvalue weighted by Crippen LogP contribution is -2.32. The Morgan fingerprint density at radius 3 is 2.72 bits per heavy atom. The van der Waals surface area contributed by atoms with Gasteiger partial charge >= 0.3 is 5.69 Å². The van der Waals surface area contributed by atoms with E-state index in [1.165, 1.54) is 29.1 Å². The third-order valence-corrected chi connectivity index (χ3v) is 5.94. The van der Waals surface area contributed by atoms with Crippen LogP contribution in [-0.4, -0.2) is 34.2 Å². The van der Waals surface area contributed by atoms with Gasteiger partial charge in [0.1, 0.15) is 0 Å². The molecule has 1 N–H and O–H groups in total. The molecular weight excluding hydrogens is 402 g/mol. The number of nitro benzene ring substituents is 1.